The number of nitrogens with one attached hydrogen (secondary N) is 1. The van der Waals surface area contributed by atoms with E-state index in [2.05, 4.69) is 15.5 Å². The van der Waals surface area contributed by atoms with Gasteiger partial charge in [-0.1, -0.05) is 11.6 Å². The quantitative estimate of drug-likeness (QED) is 0.649. The molecule has 2 aromatic heterocycles. The summed E-state index contributed by atoms with van der Waals surface area (Å²) in [6.45, 7) is 5.83. The zero-order valence-electron chi connectivity index (χ0n) is 13.4. The number of hydrogen-bond donors (Lipinski definition) is 1. The average molecular weight is 365 g/mol. The molecule has 0 atom stereocenters. The van der Waals surface area contributed by atoms with Gasteiger partial charge in [0.25, 0.3) is 5.91 Å². The Balaban J connectivity index is 1.80. The molecule has 1 aliphatic rings. The minimum Gasteiger partial charge on any atom is -0.328 e. The van der Waals surface area contributed by atoms with Gasteiger partial charge in [-0.25, -0.2) is 0 Å². The molecule has 0 bridgehead atoms. The van der Waals surface area contributed by atoms with Crippen molar-refractivity contribution in [1.82, 2.24) is 29.8 Å². The molecular formula is C15H17ClN6OS. The van der Waals surface area contributed by atoms with Crippen LogP contribution in [0, 0.1) is 0 Å². The van der Waals surface area contributed by atoms with Crippen LogP contribution in [0.5, 0.6) is 0 Å². The summed E-state index contributed by atoms with van der Waals surface area (Å²) < 4.78 is 3.52. The van der Waals surface area contributed by atoms with E-state index in [9.17, 15) is 4.79 Å². The zero-order chi connectivity index (χ0) is 17.3. The van der Waals surface area contributed by atoms with Crippen LogP contribution in [0.3, 0.4) is 0 Å². The van der Waals surface area contributed by atoms with E-state index < -0.39 is 0 Å². The summed E-state index contributed by atoms with van der Waals surface area (Å²) in [7, 11) is 0. The van der Waals surface area contributed by atoms with E-state index in [4.69, 9.17) is 23.8 Å². The van der Waals surface area contributed by atoms with Gasteiger partial charge < -0.3 is 5.32 Å². The first-order chi connectivity index (χ1) is 11.5. The minimum atomic E-state index is -0.202. The lowest BCUT2D eigenvalue weighted by Gasteiger charge is -2.12. The number of thiocarbonyl (C=S) groups is 1. The van der Waals surface area contributed by atoms with Gasteiger partial charge in [0, 0.05) is 31.0 Å². The van der Waals surface area contributed by atoms with Crippen LogP contribution in [0.25, 0.3) is 6.08 Å². The van der Waals surface area contributed by atoms with Crippen LogP contribution < -0.4 is 5.32 Å². The number of aryl methyl sites for hydroxylation is 2. The van der Waals surface area contributed by atoms with Gasteiger partial charge >= 0.3 is 0 Å². The Hall–Kier alpha value is -2.19. The van der Waals surface area contributed by atoms with Crippen LogP contribution >= 0.6 is 23.8 Å². The second-order valence-electron chi connectivity index (χ2n) is 5.30. The monoisotopic (exact) mass is 364 g/mol. The van der Waals surface area contributed by atoms with Crippen LogP contribution in [-0.2, 0) is 24.4 Å². The first-order valence-corrected chi connectivity index (χ1v) is 8.39. The molecule has 1 amide bonds. The Morgan fingerprint density at radius 1 is 1.29 bits per heavy atom. The molecule has 1 fully saturated rings. The first kappa shape index (κ1) is 16.7. The molecule has 0 spiro atoms. The molecule has 1 saturated heterocycles. The lowest BCUT2D eigenvalue weighted by Crippen LogP contribution is -2.29. The fourth-order valence-electron chi connectivity index (χ4n) is 2.37. The summed E-state index contributed by atoms with van der Waals surface area (Å²) in [5.74, 6) is -0.202. The van der Waals surface area contributed by atoms with Crippen molar-refractivity contribution in [1.29, 1.82) is 0 Å². The number of nitrogens with zero attached hydrogens (tertiary/aromatic N) is 5. The molecule has 3 rings (SSSR count). The molecule has 9 heteroatoms. The Morgan fingerprint density at radius 2 is 2.04 bits per heavy atom. The Morgan fingerprint density at radius 3 is 2.67 bits per heavy atom. The second kappa shape index (κ2) is 6.74. The van der Waals surface area contributed by atoms with E-state index in [1.165, 1.54) is 4.90 Å². The third-order valence-corrected chi connectivity index (χ3v) is 4.28. The summed E-state index contributed by atoms with van der Waals surface area (Å²) in [6, 6.07) is 0. The molecule has 0 aromatic carbocycles. The molecule has 1 aliphatic heterocycles. The van der Waals surface area contributed by atoms with E-state index in [1.807, 2.05) is 20.0 Å². The number of rotatable bonds is 5. The van der Waals surface area contributed by atoms with Gasteiger partial charge in [-0.2, -0.15) is 10.2 Å². The van der Waals surface area contributed by atoms with E-state index in [0.29, 0.717) is 34.6 Å². The number of halogens is 1. The van der Waals surface area contributed by atoms with E-state index >= 15 is 0 Å². The van der Waals surface area contributed by atoms with E-state index in [1.54, 1.807) is 27.8 Å². The van der Waals surface area contributed by atoms with E-state index in [0.717, 1.165) is 12.1 Å². The summed E-state index contributed by atoms with van der Waals surface area (Å²) in [4.78, 5) is 14.1. The molecule has 126 valence electrons. The third-order valence-electron chi connectivity index (χ3n) is 3.66. The van der Waals surface area contributed by atoms with Gasteiger partial charge in [0.15, 0.2) is 5.11 Å². The lowest BCUT2D eigenvalue weighted by molar-refractivity contribution is -0.122. The number of hydrogen-bond acceptors (Lipinski definition) is 4. The van der Waals surface area contributed by atoms with Crippen molar-refractivity contribution in [2.75, 3.05) is 0 Å². The van der Waals surface area contributed by atoms with Crippen molar-refractivity contribution < 1.29 is 4.79 Å². The largest absolute Gasteiger partial charge is 0.328 e. The molecule has 0 aliphatic carbocycles. The van der Waals surface area contributed by atoms with Crippen LogP contribution in [0.2, 0.25) is 5.02 Å². The lowest BCUT2D eigenvalue weighted by atomic mass is 10.3. The van der Waals surface area contributed by atoms with Crippen LogP contribution in [0.1, 0.15) is 25.1 Å². The maximum absolute atomic E-state index is 12.6. The minimum absolute atomic E-state index is 0.202. The van der Waals surface area contributed by atoms with Crippen LogP contribution in [0.15, 0.2) is 24.3 Å². The number of carbonyl (C=O) groups is 1. The molecule has 0 saturated carbocycles. The van der Waals surface area contributed by atoms with Crippen LogP contribution in [-0.4, -0.2) is 35.5 Å². The van der Waals surface area contributed by atoms with Crippen molar-refractivity contribution in [3.05, 3.63) is 40.6 Å². The summed E-state index contributed by atoms with van der Waals surface area (Å²) in [5, 5.41) is 12.3. The highest BCUT2D eigenvalue weighted by atomic mass is 35.5. The normalized spacial score (nSPS) is 16.3. The first-order valence-electron chi connectivity index (χ1n) is 7.60. The van der Waals surface area contributed by atoms with Crippen molar-refractivity contribution in [2.45, 2.75) is 33.5 Å². The van der Waals surface area contributed by atoms with Crippen molar-refractivity contribution in [3.63, 3.8) is 0 Å². The van der Waals surface area contributed by atoms with Gasteiger partial charge in [0.1, 0.15) is 11.4 Å². The van der Waals surface area contributed by atoms with E-state index in [-0.39, 0.29) is 5.91 Å². The fourth-order valence-corrected chi connectivity index (χ4v) is 2.83. The number of carbonyl (C=O) groups excluding carboxylic acids is 1. The van der Waals surface area contributed by atoms with Gasteiger partial charge in [-0.3, -0.25) is 19.1 Å². The smallest absolute Gasteiger partial charge is 0.276 e. The van der Waals surface area contributed by atoms with Crippen LogP contribution in [0.4, 0.5) is 0 Å². The summed E-state index contributed by atoms with van der Waals surface area (Å²) >= 11 is 11.4. The maximum atomic E-state index is 12.6. The van der Waals surface area contributed by atoms with Crippen molar-refractivity contribution in [3.8, 4) is 0 Å². The second-order valence-corrected chi connectivity index (χ2v) is 6.10. The maximum Gasteiger partial charge on any atom is 0.276 e. The number of amides is 1. The predicted molar refractivity (Wildman–Crippen MR) is 95.1 cm³/mol. The highest BCUT2D eigenvalue weighted by Gasteiger charge is 2.31. The highest BCUT2D eigenvalue weighted by molar-refractivity contribution is 7.80. The third kappa shape index (κ3) is 3.20. The molecule has 2 aromatic rings. The summed E-state index contributed by atoms with van der Waals surface area (Å²) in [6.07, 6.45) is 6.99. The molecule has 0 unspecified atom stereocenters. The molecule has 7 nitrogen and oxygen atoms in total. The fraction of sp³-hybridized carbons (Fsp3) is 0.333. The molecule has 1 N–H and O–H groups in total. The Kier molecular flexibility index (Phi) is 4.68. The molecule has 24 heavy (non-hydrogen) atoms. The van der Waals surface area contributed by atoms with Crippen molar-refractivity contribution in [2.24, 2.45) is 0 Å². The summed E-state index contributed by atoms with van der Waals surface area (Å²) in [5.41, 5.74) is 1.83. The van der Waals surface area contributed by atoms with Crippen molar-refractivity contribution >= 4 is 40.9 Å². The molecule has 0 radical (unpaired) electrons. The Bertz CT molecular complexity index is 824. The van der Waals surface area contributed by atoms with Gasteiger partial charge in [-0.15, -0.1) is 0 Å². The topological polar surface area (TPSA) is 68.0 Å². The average Bonchev–Trinajstić information content (AvgIpc) is 3.23. The molecule has 3 heterocycles. The zero-order valence-corrected chi connectivity index (χ0v) is 14.9. The number of aromatic nitrogens is 4. The SMILES string of the molecule is CCn1cc(CN2C(=O)/C(=C\c3nn(CC)cc3Cl)NC2=S)cn1. The standard InChI is InChI=1S/C15H17ClN6OS/c1-3-20-7-10(6-17-20)8-22-14(23)13(18-15(22)24)5-12-11(16)9-21(4-2)19-12/h5-7,9H,3-4,8H2,1-2H3,(H,18,24)/b13-5+. The molecular weight excluding hydrogens is 348 g/mol. The van der Waals surface area contributed by atoms with Gasteiger partial charge in [0.2, 0.25) is 0 Å². The van der Waals surface area contributed by atoms with Gasteiger partial charge in [-0.05, 0) is 32.1 Å². The van der Waals surface area contributed by atoms with Gasteiger partial charge in [0.05, 0.1) is 17.8 Å². The predicted octanol–water partition coefficient (Wildman–Crippen LogP) is 2.03. The highest BCUT2D eigenvalue weighted by Crippen LogP contribution is 2.20. The Labute approximate surface area is 149 Å².